The molecule has 0 bridgehead atoms. The van der Waals surface area contributed by atoms with Gasteiger partial charge >= 0.3 is 0 Å². The highest BCUT2D eigenvalue weighted by Crippen LogP contribution is 2.38. The van der Waals surface area contributed by atoms with Crippen molar-refractivity contribution in [2.45, 2.75) is 39.7 Å². The van der Waals surface area contributed by atoms with E-state index >= 15 is 0 Å². The van der Waals surface area contributed by atoms with Gasteiger partial charge in [0.25, 0.3) is 11.8 Å². The third-order valence-corrected chi connectivity index (χ3v) is 5.53. The van der Waals surface area contributed by atoms with Gasteiger partial charge in [0, 0.05) is 17.4 Å². The molecule has 0 radical (unpaired) electrons. The number of ether oxygens (including phenoxy) is 1. The predicted octanol–water partition coefficient (Wildman–Crippen LogP) is 3.67. The fourth-order valence-corrected chi connectivity index (χ4v) is 4.03. The Kier molecular flexibility index (Phi) is 5.00. The molecular weight excluding hydrogens is 386 g/mol. The molecule has 29 heavy (non-hydrogen) atoms. The second-order valence-corrected chi connectivity index (χ2v) is 7.70. The zero-order chi connectivity index (χ0) is 20.7. The quantitative estimate of drug-likeness (QED) is 0.465. The van der Waals surface area contributed by atoms with Gasteiger partial charge in [-0.15, -0.1) is 0 Å². The Morgan fingerprint density at radius 2 is 1.90 bits per heavy atom. The molecule has 0 unspecified atom stereocenters. The molecule has 1 aromatic carbocycles. The van der Waals surface area contributed by atoms with Gasteiger partial charge in [0.05, 0.1) is 12.3 Å². The van der Waals surface area contributed by atoms with Gasteiger partial charge < -0.3 is 9.30 Å². The molecule has 4 rings (SSSR count). The summed E-state index contributed by atoms with van der Waals surface area (Å²) >= 11 is 5.27. The second kappa shape index (κ2) is 7.48. The molecule has 0 atom stereocenters. The third kappa shape index (κ3) is 3.58. The number of hydrogen-bond acceptors (Lipinski definition) is 4. The van der Waals surface area contributed by atoms with Crippen molar-refractivity contribution >= 4 is 40.9 Å². The van der Waals surface area contributed by atoms with Crippen LogP contribution in [0.25, 0.3) is 6.08 Å². The number of anilines is 1. The lowest BCUT2D eigenvalue weighted by atomic mass is 10.1. The van der Waals surface area contributed by atoms with Crippen LogP contribution < -0.4 is 15.0 Å². The number of aryl methyl sites for hydroxylation is 1. The van der Waals surface area contributed by atoms with E-state index in [0.29, 0.717) is 24.1 Å². The summed E-state index contributed by atoms with van der Waals surface area (Å²) in [5.74, 6) is -0.198. The lowest BCUT2D eigenvalue weighted by molar-refractivity contribution is -0.122. The Bertz CT molecular complexity index is 1030. The average molecular weight is 410 g/mol. The number of aromatic nitrogens is 1. The predicted molar refractivity (Wildman–Crippen MR) is 116 cm³/mol. The van der Waals surface area contributed by atoms with Crippen LogP contribution in [0.4, 0.5) is 5.69 Å². The van der Waals surface area contributed by atoms with Crippen molar-refractivity contribution in [1.82, 2.24) is 9.88 Å². The number of hydrogen-bond donors (Lipinski definition) is 1. The number of carbonyl (C=O) groups excluding carboxylic acids is 2. The van der Waals surface area contributed by atoms with E-state index in [9.17, 15) is 9.59 Å². The lowest BCUT2D eigenvalue weighted by Crippen LogP contribution is -2.54. The normalized spacial score (nSPS) is 18.4. The minimum absolute atomic E-state index is 0.0727. The van der Waals surface area contributed by atoms with Crippen molar-refractivity contribution in [3.05, 3.63) is 52.9 Å². The Morgan fingerprint density at radius 1 is 1.21 bits per heavy atom. The van der Waals surface area contributed by atoms with E-state index < -0.39 is 11.8 Å². The van der Waals surface area contributed by atoms with Crippen molar-refractivity contribution in [2.24, 2.45) is 0 Å². The van der Waals surface area contributed by atoms with Crippen LogP contribution in [0.1, 0.15) is 42.8 Å². The molecule has 150 valence electrons. The molecule has 1 saturated carbocycles. The van der Waals surface area contributed by atoms with Gasteiger partial charge in [-0.1, -0.05) is 0 Å². The minimum Gasteiger partial charge on any atom is -0.494 e. The molecule has 1 aliphatic heterocycles. The summed E-state index contributed by atoms with van der Waals surface area (Å²) < 4.78 is 7.73. The van der Waals surface area contributed by atoms with Crippen LogP contribution in [-0.2, 0) is 9.59 Å². The zero-order valence-electron chi connectivity index (χ0n) is 16.7. The smallest absolute Gasteiger partial charge is 0.270 e. The first kappa shape index (κ1) is 19.4. The Hall–Kier alpha value is -2.93. The summed E-state index contributed by atoms with van der Waals surface area (Å²) in [6.45, 7) is 6.54. The molecule has 1 N–H and O–H groups in total. The van der Waals surface area contributed by atoms with Crippen LogP contribution in [0, 0.1) is 13.8 Å². The number of carbonyl (C=O) groups is 2. The number of rotatable bonds is 5. The lowest BCUT2D eigenvalue weighted by Gasteiger charge is -2.29. The van der Waals surface area contributed by atoms with Crippen molar-refractivity contribution < 1.29 is 14.3 Å². The van der Waals surface area contributed by atoms with Gasteiger partial charge in [0.1, 0.15) is 11.3 Å². The zero-order valence-corrected chi connectivity index (χ0v) is 17.5. The van der Waals surface area contributed by atoms with E-state index in [2.05, 4.69) is 16.8 Å². The molecule has 7 heteroatoms. The van der Waals surface area contributed by atoms with Crippen LogP contribution in [0.2, 0.25) is 0 Å². The van der Waals surface area contributed by atoms with E-state index in [1.807, 2.05) is 19.9 Å². The molecule has 1 saturated heterocycles. The highest BCUT2D eigenvalue weighted by molar-refractivity contribution is 7.80. The average Bonchev–Trinajstić information content (AvgIpc) is 3.46. The van der Waals surface area contributed by atoms with Crippen LogP contribution in [-0.4, -0.2) is 28.1 Å². The highest BCUT2D eigenvalue weighted by Gasteiger charge is 2.35. The Morgan fingerprint density at radius 3 is 2.52 bits per heavy atom. The van der Waals surface area contributed by atoms with Crippen LogP contribution in [0.3, 0.4) is 0 Å². The first-order valence-electron chi connectivity index (χ1n) is 9.73. The van der Waals surface area contributed by atoms with Gasteiger partial charge in [-0.25, -0.2) is 0 Å². The molecule has 0 spiro atoms. The molecule has 2 fully saturated rings. The number of nitrogens with one attached hydrogen (secondary N) is 1. The maximum atomic E-state index is 13.2. The summed E-state index contributed by atoms with van der Waals surface area (Å²) in [6, 6.07) is 9.61. The second-order valence-electron chi connectivity index (χ2n) is 7.31. The minimum atomic E-state index is -0.474. The fraction of sp³-hybridized carbons (Fsp3) is 0.318. The van der Waals surface area contributed by atoms with Crippen LogP contribution >= 0.6 is 12.2 Å². The Balaban J connectivity index is 1.68. The number of benzene rings is 1. The first-order valence-corrected chi connectivity index (χ1v) is 10.1. The van der Waals surface area contributed by atoms with Gasteiger partial charge in [-0.2, -0.15) is 0 Å². The van der Waals surface area contributed by atoms with Crippen LogP contribution in [0.15, 0.2) is 35.9 Å². The monoisotopic (exact) mass is 409 g/mol. The summed E-state index contributed by atoms with van der Waals surface area (Å²) in [7, 11) is 0. The Labute approximate surface area is 175 Å². The van der Waals surface area contributed by atoms with Gasteiger partial charge in [-0.05, 0) is 87.8 Å². The summed E-state index contributed by atoms with van der Waals surface area (Å²) in [5, 5.41) is 2.71. The van der Waals surface area contributed by atoms with E-state index in [4.69, 9.17) is 17.0 Å². The standard InChI is InChI=1S/C22H23N3O3S/c1-4-28-18-9-7-17(8-10-18)25-21(27)19(20(26)23-22(25)29)12-15-11-13(2)24(14(15)3)16-5-6-16/h7-12,16H,4-6H2,1-3H3,(H,23,26,29). The van der Waals surface area contributed by atoms with Gasteiger partial charge in [0.15, 0.2) is 5.11 Å². The topological polar surface area (TPSA) is 63.6 Å². The van der Waals surface area contributed by atoms with Gasteiger partial charge in [-0.3, -0.25) is 19.8 Å². The fourth-order valence-electron chi connectivity index (χ4n) is 3.75. The summed E-state index contributed by atoms with van der Waals surface area (Å²) in [4.78, 5) is 27.1. The molecule has 2 aromatic rings. The largest absolute Gasteiger partial charge is 0.494 e. The van der Waals surface area contributed by atoms with Crippen molar-refractivity contribution in [2.75, 3.05) is 11.5 Å². The first-order chi connectivity index (χ1) is 13.9. The molecule has 2 aliphatic rings. The SMILES string of the molecule is CCOc1ccc(N2C(=O)C(=Cc3cc(C)n(C4CC4)c3C)C(=O)NC2=S)cc1. The number of thiocarbonyl (C=S) groups is 1. The molecule has 6 nitrogen and oxygen atoms in total. The van der Waals surface area contributed by atoms with Crippen molar-refractivity contribution in [3.63, 3.8) is 0 Å². The van der Waals surface area contributed by atoms with E-state index in [-0.39, 0.29) is 10.7 Å². The number of amides is 2. The highest BCUT2D eigenvalue weighted by atomic mass is 32.1. The summed E-state index contributed by atoms with van der Waals surface area (Å²) in [5.41, 5.74) is 3.74. The van der Waals surface area contributed by atoms with E-state index in [1.54, 1.807) is 30.3 Å². The van der Waals surface area contributed by atoms with Crippen LogP contribution in [0.5, 0.6) is 5.75 Å². The summed E-state index contributed by atoms with van der Waals surface area (Å²) in [6.07, 6.45) is 4.01. The number of nitrogens with zero attached hydrogens (tertiary/aromatic N) is 2. The molecule has 1 aromatic heterocycles. The third-order valence-electron chi connectivity index (χ3n) is 5.24. The molecule has 1 aliphatic carbocycles. The van der Waals surface area contributed by atoms with E-state index in [0.717, 1.165) is 17.0 Å². The molecule has 2 heterocycles. The van der Waals surface area contributed by atoms with E-state index in [1.165, 1.54) is 17.7 Å². The van der Waals surface area contributed by atoms with Crippen molar-refractivity contribution in [3.8, 4) is 5.75 Å². The van der Waals surface area contributed by atoms with Gasteiger partial charge in [0.2, 0.25) is 0 Å². The maximum Gasteiger partial charge on any atom is 0.270 e. The maximum absolute atomic E-state index is 13.2. The van der Waals surface area contributed by atoms with Crippen molar-refractivity contribution in [1.29, 1.82) is 0 Å². The molecular formula is C22H23N3O3S. The molecule has 2 amide bonds.